The third-order valence-corrected chi connectivity index (χ3v) is 4.58. The summed E-state index contributed by atoms with van der Waals surface area (Å²) in [6, 6.07) is 0.375. The number of rotatable bonds is 4. The summed E-state index contributed by atoms with van der Waals surface area (Å²) in [5, 5.41) is 14.5. The molecule has 2 heterocycles. The van der Waals surface area contributed by atoms with E-state index in [1.165, 1.54) is 6.42 Å². The Morgan fingerprint density at radius 1 is 1.21 bits per heavy atom. The van der Waals surface area contributed by atoms with Gasteiger partial charge in [-0.05, 0) is 20.5 Å². The van der Waals surface area contributed by atoms with Crippen molar-refractivity contribution >= 4 is 0 Å². The fourth-order valence-corrected chi connectivity index (χ4v) is 3.45. The smallest absolute Gasteiger partial charge is 0.138 e. The zero-order valence-corrected chi connectivity index (χ0v) is 12.7. The van der Waals surface area contributed by atoms with Crippen molar-refractivity contribution in [1.29, 1.82) is 0 Å². The van der Waals surface area contributed by atoms with Crippen molar-refractivity contribution in [3.8, 4) is 0 Å². The van der Waals surface area contributed by atoms with Crippen LogP contribution in [0.4, 0.5) is 0 Å². The molecule has 2 aliphatic rings. The van der Waals surface area contributed by atoms with Gasteiger partial charge in [0.1, 0.15) is 6.23 Å². The standard InChI is InChI=1S/C13H29N5O/c1-5-17-12(11(14)13(19)18(17)6-2)16-8-7-10(9-16)15(3)4/h10-13,19H,5-9,14H2,1-4H3. The lowest BCUT2D eigenvalue weighted by Crippen LogP contribution is -2.54. The minimum atomic E-state index is -0.562. The number of hydrogen-bond acceptors (Lipinski definition) is 6. The molecule has 3 N–H and O–H groups in total. The van der Waals surface area contributed by atoms with Gasteiger partial charge in [0.15, 0.2) is 0 Å². The zero-order valence-electron chi connectivity index (χ0n) is 12.7. The Bertz CT molecular complexity index is 301. The normalized spacial score (nSPS) is 38.7. The van der Waals surface area contributed by atoms with Crippen molar-refractivity contribution in [3.63, 3.8) is 0 Å². The first-order chi connectivity index (χ1) is 9.01. The number of likely N-dealkylation sites (N-methyl/N-ethyl adjacent to an activating group) is 3. The first kappa shape index (κ1) is 15.2. The summed E-state index contributed by atoms with van der Waals surface area (Å²) in [4.78, 5) is 4.71. The third kappa shape index (κ3) is 2.66. The lowest BCUT2D eigenvalue weighted by atomic mass is 10.2. The molecule has 0 aromatic heterocycles. The van der Waals surface area contributed by atoms with Gasteiger partial charge in [0, 0.05) is 32.2 Å². The minimum Gasteiger partial charge on any atom is -0.375 e. The number of hydrogen-bond donors (Lipinski definition) is 2. The lowest BCUT2D eigenvalue weighted by Gasteiger charge is -2.36. The maximum atomic E-state index is 10.3. The summed E-state index contributed by atoms with van der Waals surface area (Å²) in [6.07, 6.45) is 0.744. The highest BCUT2D eigenvalue weighted by Gasteiger charge is 2.47. The molecule has 2 saturated heterocycles. The first-order valence-electron chi connectivity index (χ1n) is 7.38. The van der Waals surface area contributed by atoms with Gasteiger partial charge in [0.05, 0.1) is 12.2 Å². The average molecular weight is 271 g/mol. The fraction of sp³-hybridized carbons (Fsp3) is 1.00. The fourth-order valence-electron chi connectivity index (χ4n) is 3.45. The van der Waals surface area contributed by atoms with Gasteiger partial charge in [-0.1, -0.05) is 13.8 Å². The van der Waals surface area contributed by atoms with E-state index < -0.39 is 6.23 Å². The van der Waals surface area contributed by atoms with Crippen molar-refractivity contribution in [1.82, 2.24) is 19.8 Å². The summed E-state index contributed by atoms with van der Waals surface area (Å²) in [7, 11) is 4.26. The molecule has 6 nitrogen and oxygen atoms in total. The van der Waals surface area contributed by atoms with E-state index in [1.54, 1.807) is 0 Å². The molecule has 0 aromatic rings. The van der Waals surface area contributed by atoms with Crippen molar-refractivity contribution in [2.45, 2.75) is 44.7 Å². The van der Waals surface area contributed by atoms with E-state index in [-0.39, 0.29) is 12.2 Å². The topological polar surface area (TPSA) is 59.2 Å². The Morgan fingerprint density at radius 2 is 1.84 bits per heavy atom. The van der Waals surface area contributed by atoms with Crippen LogP contribution >= 0.6 is 0 Å². The molecule has 0 aliphatic carbocycles. The van der Waals surface area contributed by atoms with E-state index in [0.29, 0.717) is 6.04 Å². The maximum absolute atomic E-state index is 10.3. The first-order valence-corrected chi connectivity index (χ1v) is 7.38. The Morgan fingerprint density at radius 3 is 2.32 bits per heavy atom. The predicted molar refractivity (Wildman–Crippen MR) is 76.2 cm³/mol. The molecule has 0 spiro atoms. The molecular formula is C13H29N5O. The Kier molecular flexibility index (Phi) is 4.81. The molecule has 2 rings (SSSR count). The molecule has 0 radical (unpaired) electrons. The monoisotopic (exact) mass is 271 g/mol. The molecule has 0 aromatic carbocycles. The van der Waals surface area contributed by atoms with E-state index in [4.69, 9.17) is 5.73 Å². The van der Waals surface area contributed by atoms with Gasteiger partial charge in [-0.2, -0.15) is 0 Å². The molecule has 112 valence electrons. The molecule has 2 aliphatic heterocycles. The molecule has 0 saturated carbocycles. The summed E-state index contributed by atoms with van der Waals surface area (Å²) >= 11 is 0. The minimum absolute atomic E-state index is 0.130. The lowest BCUT2D eigenvalue weighted by molar-refractivity contribution is -0.104. The van der Waals surface area contributed by atoms with Gasteiger partial charge in [0.2, 0.25) is 0 Å². The van der Waals surface area contributed by atoms with E-state index in [1.807, 2.05) is 5.01 Å². The van der Waals surface area contributed by atoms with Crippen molar-refractivity contribution in [2.24, 2.45) is 5.73 Å². The van der Waals surface area contributed by atoms with Crippen LogP contribution < -0.4 is 5.73 Å². The molecule has 4 unspecified atom stereocenters. The van der Waals surface area contributed by atoms with Crippen LogP contribution in [0, 0.1) is 0 Å². The van der Waals surface area contributed by atoms with Crippen molar-refractivity contribution < 1.29 is 5.11 Å². The second-order valence-corrected chi connectivity index (χ2v) is 5.82. The number of hydrazine groups is 1. The average Bonchev–Trinajstić information content (AvgIpc) is 2.94. The molecule has 19 heavy (non-hydrogen) atoms. The number of likely N-dealkylation sites (tertiary alicyclic amines) is 1. The highest BCUT2D eigenvalue weighted by atomic mass is 16.3. The Hall–Kier alpha value is -0.240. The van der Waals surface area contributed by atoms with Gasteiger partial charge in [-0.3, -0.25) is 4.90 Å². The van der Waals surface area contributed by atoms with Crippen LogP contribution in [0.3, 0.4) is 0 Å². The highest BCUT2D eigenvalue weighted by molar-refractivity contribution is 4.96. The van der Waals surface area contributed by atoms with Crippen molar-refractivity contribution in [2.75, 3.05) is 40.3 Å². The van der Waals surface area contributed by atoms with Crippen LogP contribution in [-0.2, 0) is 0 Å². The van der Waals surface area contributed by atoms with Crippen LogP contribution in [0.15, 0.2) is 0 Å². The van der Waals surface area contributed by atoms with Gasteiger partial charge in [-0.25, -0.2) is 10.0 Å². The van der Waals surface area contributed by atoms with Crippen LogP contribution in [0.5, 0.6) is 0 Å². The quantitative estimate of drug-likeness (QED) is 0.696. The van der Waals surface area contributed by atoms with E-state index >= 15 is 0 Å². The van der Waals surface area contributed by atoms with Crippen molar-refractivity contribution in [3.05, 3.63) is 0 Å². The molecule has 2 fully saturated rings. The van der Waals surface area contributed by atoms with E-state index in [0.717, 1.165) is 26.2 Å². The van der Waals surface area contributed by atoms with Gasteiger partial charge >= 0.3 is 0 Å². The number of aliphatic hydroxyl groups excluding tert-OH is 1. The second-order valence-electron chi connectivity index (χ2n) is 5.82. The summed E-state index contributed by atoms with van der Waals surface area (Å²) < 4.78 is 0. The summed E-state index contributed by atoms with van der Waals surface area (Å²) in [5.74, 6) is 0. The summed E-state index contributed by atoms with van der Waals surface area (Å²) in [5.41, 5.74) is 6.27. The largest absolute Gasteiger partial charge is 0.375 e. The number of nitrogens with zero attached hydrogens (tertiary/aromatic N) is 4. The Labute approximate surface area is 116 Å². The molecule has 6 heteroatoms. The second kappa shape index (κ2) is 6.03. The molecular weight excluding hydrogens is 242 g/mol. The molecule has 4 atom stereocenters. The van der Waals surface area contributed by atoms with Gasteiger partial charge in [0.25, 0.3) is 0 Å². The van der Waals surface area contributed by atoms with Crippen LogP contribution in [0.2, 0.25) is 0 Å². The zero-order chi connectivity index (χ0) is 14.2. The van der Waals surface area contributed by atoms with Crippen LogP contribution in [0.25, 0.3) is 0 Å². The van der Waals surface area contributed by atoms with Crippen LogP contribution in [-0.4, -0.2) is 89.7 Å². The highest BCUT2D eigenvalue weighted by Crippen LogP contribution is 2.28. The predicted octanol–water partition coefficient (Wildman–Crippen LogP) is -0.833. The van der Waals surface area contributed by atoms with Gasteiger partial charge in [-0.15, -0.1) is 0 Å². The van der Waals surface area contributed by atoms with E-state index in [9.17, 15) is 5.11 Å². The number of nitrogens with two attached hydrogens (primary N) is 1. The SMILES string of the molecule is CCN1C(O)C(N)C(N2CCC(N(C)C)C2)N1CC. The van der Waals surface area contributed by atoms with Crippen LogP contribution in [0.1, 0.15) is 20.3 Å². The molecule has 0 bridgehead atoms. The van der Waals surface area contributed by atoms with Gasteiger partial charge < -0.3 is 15.7 Å². The maximum Gasteiger partial charge on any atom is 0.138 e. The summed E-state index contributed by atoms with van der Waals surface area (Å²) in [6.45, 7) is 7.96. The Balaban J connectivity index is 2.10. The number of aliphatic hydroxyl groups is 1. The molecule has 0 amide bonds. The van der Waals surface area contributed by atoms with E-state index in [2.05, 4.69) is 42.8 Å². The third-order valence-electron chi connectivity index (χ3n) is 4.58.